The van der Waals surface area contributed by atoms with E-state index in [0.717, 1.165) is 27.7 Å². The van der Waals surface area contributed by atoms with Gasteiger partial charge in [0.25, 0.3) is 0 Å². The van der Waals surface area contributed by atoms with E-state index in [1.165, 1.54) is 0 Å². The van der Waals surface area contributed by atoms with Gasteiger partial charge in [0.1, 0.15) is 11.7 Å². The van der Waals surface area contributed by atoms with E-state index in [1.807, 2.05) is 60.7 Å². The second-order valence-electron chi connectivity index (χ2n) is 6.63. The van der Waals surface area contributed by atoms with E-state index in [9.17, 15) is 0 Å². The molecule has 0 aliphatic carbocycles. The highest BCUT2D eigenvalue weighted by atomic mass is 16.5. The van der Waals surface area contributed by atoms with Crippen molar-refractivity contribution in [3.8, 4) is 0 Å². The van der Waals surface area contributed by atoms with Crippen LogP contribution in [0.1, 0.15) is 29.0 Å². The Labute approximate surface area is 158 Å². The minimum atomic E-state index is -0.156. The fraction of sp³-hybridized carbons (Fsp3) is 0.0833. The molecular formula is C24H18N2O. The molecule has 1 aromatic heterocycles. The van der Waals surface area contributed by atoms with Crippen LogP contribution in [0.2, 0.25) is 0 Å². The van der Waals surface area contributed by atoms with E-state index in [4.69, 9.17) is 14.7 Å². The lowest BCUT2D eigenvalue weighted by molar-refractivity contribution is 0.196. The molecule has 2 heterocycles. The molecule has 0 amide bonds. The van der Waals surface area contributed by atoms with Crippen molar-refractivity contribution in [2.45, 2.75) is 12.1 Å². The second kappa shape index (κ2) is 6.69. The van der Waals surface area contributed by atoms with Gasteiger partial charge in [-0.05, 0) is 23.3 Å². The number of hydrogen-bond acceptors (Lipinski definition) is 3. The first-order valence-electron chi connectivity index (χ1n) is 9.09. The Kier molecular flexibility index (Phi) is 3.91. The van der Waals surface area contributed by atoms with Gasteiger partial charge < -0.3 is 4.74 Å². The van der Waals surface area contributed by atoms with Crippen molar-refractivity contribution in [1.29, 1.82) is 0 Å². The lowest BCUT2D eigenvalue weighted by Crippen LogP contribution is -2.09. The van der Waals surface area contributed by atoms with Crippen LogP contribution in [-0.4, -0.2) is 10.9 Å². The molecule has 27 heavy (non-hydrogen) atoms. The first-order chi connectivity index (χ1) is 13.4. The molecule has 4 aromatic rings. The molecule has 0 bridgehead atoms. The van der Waals surface area contributed by atoms with E-state index >= 15 is 0 Å². The van der Waals surface area contributed by atoms with Gasteiger partial charge in [0.2, 0.25) is 5.90 Å². The molecule has 1 aliphatic rings. The Morgan fingerprint density at radius 2 is 1.30 bits per heavy atom. The number of nitrogens with zero attached hydrogens (tertiary/aromatic N) is 2. The Morgan fingerprint density at radius 1 is 0.630 bits per heavy atom. The predicted octanol–water partition coefficient (Wildman–Crippen LogP) is 5.49. The van der Waals surface area contributed by atoms with Crippen molar-refractivity contribution in [2.75, 3.05) is 0 Å². The summed E-state index contributed by atoms with van der Waals surface area (Å²) in [7, 11) is 0. The highest BCUT2D eigenvalue weighted by Gasteiger charge is 2.34. The molecule has 5 rings (SSSR count). The summed E-state index contributed by atoms with van der Waals surface area (Å²) in [5.74, 6) is 0.600. The third-order valence-electron chi connectivity index (χ3n) is 4.87. The largest absolute Gasteiger partial charge is 0.465 e. The summed E-state index contributed by atoms with van der Waals surface area (Å²) in [6.45, 7) is 0. The van der Waals surface area contributed by atoms with Crippen LogP contribution in [0.25, 0.3) is 10.9 Å². The number of ether oxygens (including phenoxy) is 1. The molecule has 0 unspecified atom stereocenters. The molecule has 3 heteroatoms. The SMILES string of the molecule is c1ccc([C@H]2N=C(c3ccc4ccccc4n3)O[C@@H]2c2ccccc2)cc1. The van der Waals surface area contributed by atoms with Gasteiger partial charge in [-0.3, -0.25) is 0 Å². The molecule has 0 N–H and O–H groups in total. The third kappa shape index (κ3) is 2.97. The lowest BCUT2D eigenvalue weighted by atomic mass is 9.97. The number of aliphatic imine (C=N–C) groups is 1. The molecule has 0 saturated heterocycles. The van der Waals surface area contributed by atoms with Gasteiger partial charge in [0.15, 0.2) is 6.10 Å². The topological polar surface area (TPSA) is 34.5 Å². The van der Waals surface area contributed by atoms with Gasteiger partial charge in [-0.2, -0.15) is 0 Å². The molecule has 0 saturated carbocycles. The first-order valence-corrected chi connectivity index (χ1v) is 9.09. The van der Waals surface area contributed by atoms with Crippen LogP contribution in [0.3, 0.4) is 0 Å². The standard InChI is InChI=1S/C24H18N2O/c1-3-10-18(11-4-1)22-23(19-12-5-2-6-13-19)27-24(26-22)21-16-15-17-9-7-8-14-20(17)25-21/h1-16,22-23H/t22-,23-/m1/s1. The van der Waals surface area contributed by atoms with Crippen LogP contribution in [-0.2, 0) is 4.74 Å². The maximum absolute atomic E-state index is 6.34. The minimum absolute atomic E-state index is 0.0862. The quantitative estimate of drug-likeness (QED) is 0.489. The van der Waals surface area contributed by atoms with Crippen LogP contribution in [0.5, 0.6) is 0 Å². The average Bonchev–Trinajstić information content (AvgIpc) is 3.20. The summed E-state index contributed by atoms with van der Waals surface area (Å²) in [5, 5.41) is 1.11. The summed E-state index contributed by atoms with van der Waals surface area (Å²) in [6.07, 6.45) is -0.156. The Bertz CT molecular complexity index is 1110. The smallest absolute Gasteiger partial charge is 0.236 e. The zero-order valence-corrected chi connectivity index (χ0v) is 14.7. The van der Waals surface area contributed by atoms with E-state index in [1.54, 1.807) is 0 Å². The Balaban J connectivity index is 1.58. The van der Waals surface area contributed by atoms with Crippen molar-refractivity contribution >= 4 is 16.8 Å². The Morgan fingerprint density at radius 3 is 2.07 bits per heavy atom. The molecule has 0 spiro atoms. The number of rotatable bonds is 3. The van der Waals surface area contributed by atoms with Crippen molar-refractivity contribution in [3.63, 3.8) is 0 Å². The van der Waals surface area contributed by atoms with Crippen LogP contribution >= 0.6 is 0 Å². The van der Waals surface area contributed by atoms with Gasteiger partial charge in [-0.15, -0.1) is 0 Å². The van der Waals surface area contributed by atoms with E-state index in [2.05, 4.69) is 36.4 Å². The summed E-state index contributed by atoms with van der Waals surface area (Å²) in [5.41, 5.74) is 3.97. The fourth-order valence-electron chi connectivity index (χ4n) is 3.51. The second-order valence-corrected chi connectivity index (χ2v) is 6.63. The van der Waals surface area contributed by atoms with Crippen molar-refractivity contribution < 1.29 is 4.74 Å². The summed E-state index contributed by atoms with van der Waals surface area (Å²) in [4.78, 5) is 9.68. The highest BCUT2D eigenvalue weighted by Crippen LogP contribution is 2.40. The molecule has 3 nitrogen and oxygen atoms in total. The highest BCUT2D eigenvalue weighted by molar-refractivity contribution is 5.96. The van der Waals surface area contributed by atoms with E-state index in [-0.39, 0.29) is 12.1 Å². The molecule has 0 fully saturated rings. The van der Waals surface area contributed by atoms with Gasteiger partial charge >= 0.3 is 0 Å². The number of hydrogen-bond donors (Lipinski definition) is 0. The van der Waals surface area contributed by atoms with Crippen molar-refractivity contribution in [3.05, 3.63) is 114 Å². The molecule has 2 atom stereocenters. The van der Waals surface area contributed by atoms with Gasteiger partial charge in [-0.25, -0.2) is 9.98 Å². The number of fused-ring (bicyclic) bond motifs is 1. The van der Waals surface area contributed by atoms with Gasteiger partial charge in [0.05, 0.1) is 5.52 Å². The number of pyridine rings is 1. The monoisotopic (exact) mass is 350 g/mol. The van der Waals surface area contributed by atoms with E-state index < -0.39 is 0 Å². The molecule has 1 aliphatic heterocycles. The molecular weight excluding hydrogens is 332 g/mol. The van der Waals surface area contributed by atoms with Crippen molar-refractivity contribution in [2.24, 2.45) is 4.99 Å². The summed E-state index contributed by atoms with van der Waals surface area (Å²) < 4.78 is 6.34. The molecule has 0 radical (unpaired) electrons. The number of aromatic nitrogens is 1. The van der Waals surface area contributed by atoms with Gasteiger partial charge in [0, 0.05) is 5.39 Å². The lowest BCUT2D eigenvalue weighted by Gasteiger charge is -2.18. The zero-order valence-electron chi connectivity index (χ0n) is 14.7. The van der Waals surface area contributed by atoms with Crippen LogP contribution in [0.4, 0.5) is 0 Å². The number of para-hydroxylation sites is 1. The zero-order chi connectivity index (χ0) is 18.1. The maximum atomic E-state index is 6.34. The van der Waals surface area contributed by atoms with Gasteiger partial charge in [-0.1, -0.05) is 84.9 Å². The normalized spacial score (nSPS) is 18.9. The predicted molar refractivity (Wildman–Crippen MR) is 108 cm³/mol. The maximum Gasteiger partial charge on any atom is 0.236 e. The Hall–Kier alpha value is -3.46. The van der Waals surface area contributed by atoms with E-state index in [0.29, 0.717) is 5.90 Å². The minimum Gasteiger partial charge on any atom is -0.465 e. The molecule has 130 valence electrons. The summed E-state index contributed by atoms with van der Waals surface area (Å²) in [6, 6.07) is 32.6. The third-order valence-corrected chi connectivity index (χ3v) is 4.87. The van der Waals surface area contributed by atoms with Crippen LogP contribution in [0, 0.1) is 0 Å². The molecule has 3 aromatic carbocycles. The summed E-state index contributed by atoms with van der Waals surface area (Å²) >= 11 is 0. The number of benzene rings is 3. The van der Waals surface area contributed by atoms with Crippen LogP contribution in [0.15, 0.2) is 102 Å². The van der Waals surface area contributed by atoms with Crippen molar-refractivity contribution in [1.82, 2.24) is 4.98 Å². The fourth-order valence-corrected chi connectivity index (χ4v) is 3.51. The first kappa shape index (κ1) is 15.8. The van der Waals surface area contributed by atoms with Crippen LogP contribution < -0.4 is 0 Å². The average molecular weight is 350 g/mol.